The highest BCUT2D eigenvalue weighted by Crippen LogP contribution is 2.10. The highest BCUT2D eigenvalue weighted by molar-refractivity contribution is 7.80. The molecule has 0 unspecified atom stereocenters. The quantitative estimate of drug-likeness (QED) is 0.461. The molecule has 134 valence electrons. The molecular formula is C20H20N2O3S. The third kappa shape index (κ3) is 6.49. The number of amides is 1. The Morgan fingerprint density at radius 1 is 1.08 bits per heavy atom. The Kier molecular flexibility index (Phi) is 7.51. The molecule has 0 saturated carbocycles. The molecule has 0 fully saturated rings. The monoisotopic (exact) mass is 368 g/mol. The predicted molar refractivity (Wildman–Crippen MR) is 107 cm³/mol. The molecule has 0 spiro atoms. The van der Waals surface area contributed by atoms with Crippen LogP contribution in [0.15, 0.2) is 60.7 Å². The fourth-order valence-electron chi connectivity index (χ4n) is 2.02. The van der Waals surface area contributed by atoms with E-state index in [-0.39, 0.29) is 17.0 Å². The van der Waals surface area contributed by atoms with Crippen LogP contribution in [0, 0.1) is 0 Å². The fraction of sp³-hybridized carbons (Fsp3) is 0.150. The summed E-state index contributed by atoms with van der Waals surface area (Å²) in [5.74, 6) is -0.688. The lowest BCUT2D eigenvalue weighted by Crippen LogP contribution is -2.32. The molecule has 2 aromatic carbocycles. The second-order valence-corrected chi connectivity index (χ2v) is 5.81. The molecule has 5 nitrogen and oxygen atoms in total. The lowest BCUT2D eigenvalue weighted by Gasteiger charge is -2.09. The molecule has 2 N–H and O–H groups in total. The van der Waals surface area contributed by atoms with Crippen molar-refractivity contribution >= 4 is 41.0 Å². The van der Waals surface area contributed by atoms with Gasteiger partial charge in [-0.1, -0.05) is 37.3 Å². The number of hydrogen-bond acceptors (Lipinski definition) is 4. The van der Waals surface area contributed by atoms with E-state index in [9.17, 15) is 9.59 Å². The van der Waals surface area contributed by atoms with Gasteiger partial charge in [0.25, 0.3) is 0 Å². The summed E-state index contributed by atoms with van der Waals surface area (Å²) in [6.45, 7) is 2.33. The third-order valence-electron chi connectivity index (χ3n) is 3.28. The number of benzene rings is 2. The Labute approximate surface area is 158 Å². The van der Waals surface area contributed by atoms with Crippen LogP contribution >= 0.6 is 12.2 Å². The molecule has 2 aromatic rings. The van der Waals surface area contributed by atoms with E-state index >= 15 is 0 Å². The van der Waals surface area contributed by atoms with Crippen molar-refractivity contribution < 1.29 is 14.3 Å². The van der Waals surface area contributed by atoms with E-state index < -0.39 is 0 Å². The molecular weight excluding hydrogens is 348 g/mol. The van der Waals surface area contributed by atoms with Gasteiger partial charge >= 0.3 is 5.97 Å². The van der Waals surface area contributed by atoms with Crippen molar-refractivity contribution in [2.75, 3.05) is 11.9 Å². The van der Waals surface area contributed by atoms with E-state index in [1.165, 1.54) is 6.08 Å². The Morgan fingerprint density at radius 2 is 1.77 bits per heavy atom. The first kappa shape index (κ1) is 19.3. The van der Waals surface area contributed by atoms with Gasteiger partial charge < -0.3 is 10.1 Å². The summed E-state index contributed by atoms with van der Waals surface area (Å²) in [5, 5.41) is 5.64. The Hall–Kier alpha value is -2.99. The van der Waals surface area contributed by atoms with Gasteiger partial charge in [0.05, 0.1) is 12.2 Å². The van der Waals surface area contributed by atoms with Crippen molar-refractivity contribution in [2.45, 2.75) is 13.3 Å². The molecule has 0 aromatic heterocycles. The van der Waals surface area contributed by atoms with Crippen LogP contribution in [0.2, 0.25) is 0 Å². The van der Waals surface area contributed by atoms with E-state index in [1.807, 2.05) is 37.3 Å². The summed E-state index contributed by atoms with van der Waals surface area (Å²) >= 11 is 5.12. The van der Waals surface area contributed by atoms with E-state index in [1.54, 1.807) is 30.3 Å². The van der Waals surface area contributed by atoms with Crippen molar-refractivity contribution in [3.8, 4) is 0 Å². The SMILES string of the molecule is CCCOC(=O)c1ccc(NC(=S)NC(=O)/C=C/c2ccccc2)cc1. The zero-order valence-electron chi connectivity index (χ0n) is 14.4. The summed E-state index contributed by atoms with van der Waals surface area (Å²) in [6, 6.07) is 16.2. The molecule has 6 heteroatoms. The smallest absolute Gasteiger partial charge is 0.338 e. The van der Waals surface area contributed by atoms with Gasteiger partial charge in [0.15, 0.2) is 5.11 Å². The summed E-state index contributed by atoms with van der Waals surface area (Å²) in [6.07, 6.45) is 3.89. The van der Waals surface area contributed by atoms with Crippen molar-refractivity contribution in [3.63, 3.8) is 0 Å². The van der Waals surface area contributed by atoms with Gasteiger partial charge in [-0.2, -0.15) is 0 Å². The first-order valence-electron chi connectivity index (χ1n) is 8.21. The van der Waals surface area contributed by atoms with Crippen LogP contribution < -0.4 is 10.6 Å². The first-order valence-corrected chi connectivity index (χ1v) is 8.61. The molecule has 0 bridgehead atoms. The number of nitrogens with one attached hydrogen (secondary N) is 2. The molecule has 0 aliphatic heterocycles. The summed E-state index contributed by atoms with van der Waals surface area (Å²) in [5.41, 5.74) is 2.05. The van der Waals surface area contributed by atoms with Gasteiger partial charge in [-0.25, -0.2) is 4.79 Å². The second-order valence-electron chi connectivity index (χ2n) is 5.40. The number of carbonyl (C=O) groups is 2. The lowest BCUT2D eigenvalue weighted by atomic mass is 10.2. The first-order chi connectivity index (χ1) is 12.6. The lowest BCUT2D eigenvalue weighted by molar-refractivity contribution is -0.115. The maximum Gasteiger partial charge on any atom is 0.338 e. The number of anilines is 1. The number of thiocarbonyl (C=S) groups is 1. The maximum absolute atomic E-state index is 11.9. The van der Waals surface area contributed by atoms with Crippen LogP contribution in [0.3, 0.4) is 0 Å². The van der Waals surface area contributed by atoms with Crippen molar-refractivity contribution in [1.29, 1.82) is 0 Å². The highest BCUT2D eigenvalue weighted by atomic mass is 32.1. The Morgan fingerprint density at radius 3 is 2.42 bits per heavy atom. The minimum Gasteiger partial charge on any atom is -0.462 e. The molecule has 0 aliphatic carbocycles. The van der Waals surface area contributed by atoms with Gasteiger partial charge in [-0.15, -0.1) is 0 Å². The predicted octanol–water partition coefficient (Wildman–Crippen LogP) is 3.78. The molecule has 0 aliphatic rings. The maximum atomic E-state index is 11.9. The van der Waals surface area contributed by atoms with Gasteiger partial charge in [0.2, 0.25) is 5.91 Å². The van der Waals surface area contributed by atoms with Crippen LogP contribution in [0.5, 0.6) is 0 Å². The van der Waals surface area contributed by atoms with Crippen LogP contribution in [0.1, 0.15) is 29.3 Å². The van der Waals surface area contributed by atoms with E-state index in [2.05, 4.69) is 10.6 Å². The molecule has 26 heavy (non-hydrogen) atoms. The number of rotatable bonds is 6. The topological polar surface area (TPSA) is 67.4 Å². The number of ether oxygens (including phenoxy) is 1. The molecule has 2 rings (SSSR count). The molecule has 1 amide bonds. The molecule has 0 radical (unpaired) electrons. The largest absolute Gasteiger partial charge is 0.462 e. The second kappa shape index (κ2) is 10.1. The van der Waals surface area contributed by atoms with Crippen LogP contribution in [0.4, 0.5) is 5.69 Å². The molecule has 0 heterocycles. The average Bonchev–Trinajstić information content (AvgIpc) is 2.65. The minimum absolute atomic E-state index is 0.175. The Bertz CT molecular complexity index is 786. The summed E-state index contributed by atoms with van der Waals surface area (Å²) in [7, 11) is 0. The van der Waals surface area contributed by atoms with Gasteiger partial charge in [-0.05, 0) is 54.5 Å². The van der Waals surface area contributed by atoms with Crippen molar-refractivity contribution in [2.24, 2.45) is 0 Å². The Balaban J connectivity index is 1.84. The fourth-order valence-corrected chi connectivity index (χ4v) is 2.24. The number of carbonyl (C=O) groups excluding carboxylic acids is 2. The minimum atomic E-state index is -0.361. The van der Waals surface area contributed by atoms with E-state index in [4.69, 9.17) is 17.0 Å². The van der Waals surface area contributed by atoms with Crippen molar-refractivity contribution in [1.82, 2.24) is 5.32 Å². The zero-order chi connectivity index (χ0) is 18.8. The van der Waals surface area contributed by atoms with E-state index in [0.29, 0.717) is 17.9 Å². The zero-order valence-corrected chi connectivity index (χ0v) is 15.2. The van der Waals surface area contributed by atoms with Gasteiger partial charge in [0, 0.05) is 11.8 Å². The normalized spacial score (nSPS) is 10.3. The molecule has 0 saturated heterocycles. The van der Waals surface area contributed by atoms with Crippen LogP contribution in [-0.4, -0.2) is 23.6 Å². The van der Waals surface area contributed by atoms with Crippen LogP contribution in [0.25, 0.3) is 6.08 Å². The van der Waals surface area contributed by atoms with Crippen LogP contribution in [-0.2, 0) is 9.53 Å². The molecule has 0 atom stereocenters. The van der Waals surface area contributed by atoms with Gasteiger partial charge in [0.1, 0.15) is 0 Å². The van der Waals surface area contributed by atoms with E-state index in [0.717, 1.165) is 12.0 Å². The summed E-state index contributed by atoms with van der Waals surface area (Å²) < 4.78 is 5.06. The summed E-state index contributed by atoms with van der Waals surface area (Å²) in [4.78, 5) is 23.6. The van der Waals surface area contributed by atoms with Gasteiger partial charge in [-0.3, -0.25) is 10.1 Å². The third-order valence-corrected chi connectivity index (χ3v) is 3.48. The average molecular weight is 368 g/mol. The standard InChI is InChI=1S/C20H20N2O3S/c1-2-14-25-19(24)16-9-11-17(12-10-16)21-20(26)22-18(23)13-8-15-6-4-3-5-7-15/h3-13H,2,14H2,1H3,(H2,21,22,23,26)/b13-8+. The highest BCUT2D eigenvalue weighted by Gasteiger charge is 2.07. The van der Waals surface area contributed by atoms with Crippen molar-refractivity contribution in [3.05, 3.63) is 71.8 Å². The number of esters is 1. The number of hydrogen-bond donors (Lipinski definition) is 2.